The highest BCUT2D eigenvalue weighted by molar-refractivity contribution is 7.89. The summed E-state index contributed by atoms with van der Waals surface area (Å²) in [4.78, 5) is -0.0182. The minimum Gasteiger partial charge on any atom is -0.381 e. The maximum Gasteiger partial charge on any atom is 0.250 e. The van der Waals surface area contributed by atoms with E-state index < -0.39 is 10.0 Å². The summed E-state index contributed by atoms with van der Waals surface area (Å²) in [6.07, 6.45) is 1.69. The molecule has 0 amide bonds. The van der Waals surface area contributed by atoms with Crippen LogP contribution < -0.4 is 5.73 Å². The molecule has 25 heavy (non-hydrogen) atoms. The highest BCUT2D eigenvalue weighted by atomic mass is 32.2. The van der Waals surface area contributed by atoms with Gasteiger partial charge in [0.2, 0.25) is 0 Å². The number of hydrogen-bond donors (Lipinski definition) is 1. The SMILES string of the molecule is Cc1onc(N)c1S(=O)(=O)N1CC2(CCOCC2)[C@@H]1c1ccccc1. The van der Waals surface area contributed by atoms with Crippen LogP contribution in [0.1, 0.15) is 30.2 Å². The molecular formula is C17H21N3O4S. The normalized spacial score (nSPS) is 23.5. The number of ether oxygens (including phenoxy) is 1. The zero-order valence-corrected chi connectivity index (χ0v) is 14.8. The van der Waals surface area contributed by atoms with Crippen LogP contribution >= 0.6 is 0 Å². The Morgan fingerprint density at radius 3 is 2.52 bits per heavy atom. The van der Waals surface area contributed by atoms with E-state index in [4.69, 9.17) is 15.0 Å². The lowest BCUT2D eigenvalue weighted by Gasteiger charge is -2.58. The number of nitrogen functional groups attached to an aromatic ring is 1. The van der Waals surface area contributed by atoms with E-state index in [1.165, 1.54) is 4.31 Å². The molecule has 0 aliphatic carbocycles. The molecule has 3 heterocycles. The Morgan fingerprint density at radius 1 is 1.24 bits per heavy atom. The van der Waals surface area contributed by atoms with Gasteiger partial charge in [0.1, 0.15) is 0 Å². The van der Waals surface area contributed by atoms with Gasteiger partial charge in [-0.15, -0.1) is 0 Å². The molecule has 0 bridgehead atoms. The summed E-state index contributed by atoms with van der Waals surface area (Å²) >= 11 is 0. The molecular weight excluding hydrogens is 342 g/mol. The van der Waals surface area contributed by atoms with Crippen LogP contribution in [0.3, 0.4) is 0 Å². The number of anilines is 1. The summed E-state index contributed by atoms with van der Waals surface area (Å²) in [5.74, 6) is 0.134. The van der Waals surface area contributed by atoms with Gasteiger partial charge in [-0.3, -0.25) is 0 Å². The molecule has 7 nitrogen and oxygen atoms in total. The number of nitrogens with zero attached hydrogens (tertiary/aromatic N) is 2. The highest BCUT2D eigenvalue weighted by Gasteiger charge is 2.58. The summed E-state index contributed by atoms with van der Waals surface area (Å²) in [6.45, 7) is 3.34. The van der Waals surface area contributed by atoms with Crippen LogP contribution in [-0.2, 0) is 14.8 Å². The Bertz CT molecular complexity index is 853. The second kappa shape index (κ2) is 5.82. The second-order valence-electron chi connectivity index (χ2n) is 6.79. The van der Waals surface area contributed by atoms with Crippen molar-refractivity contribution >= 4 is 15.8 Å². The molecule has 1 aromatic heterocycles. The van der Waals surface area contributed by atoms with Gasteiger partial charge >= 0.3 is 0 Å². The number of aromatic nitrogens is 1. The molecule has 1 atom stereocenters. The van der Waals surface area contributed by atoms with Crippen LogP contribution in [0.4, 0.5) is 5.82 Å². The summed E-state index contributed by atoms with van der Waals surface area (Å²) < 4.78 is 38.5. The molecule has 1 spiro atoms. The number of nitrogens with two attached hydrogens (primary N) is 1. The third kappa shape index (κ3) is 2.47. The Morgan fingerprint density at radius 2 is 1.92 bits per heavy atom. The van der Waals surface area contributed by atoms with Crippen LogP contribution in [0.2, 0.25) is 0 Å². The van der Waals surface area contributed by atoms with Crippen molar-refractivity contribution in [3.05, 3.63) is 41.7 Å². The first-order valence-electron chi connectivity index (χ1n) is 8.32. The molecule has 2 aromatic rings. The predicted molar refractivity (Wildman–Crippen MR) is 91.2 cm³/mol. The first kappa shape index (κ1) is 16.6. The van der Waals surface area contributed by atoms with E-state index in [0.717, 1.165) is 18.4 Å². The van der Waals surface area contributed by atoms with E-state index in [-0.39, 0.29) is 27.9 Å². The zero-order valence-electron chi connectivity index (χ0n) is 14.0. The van der Waals surface area contributed by atoms with Crippen molar-refractivity contribution < 1.29 is 17.7 Å². The van der Waals surface area contributed by atoms with Crippen LogP contribution in [0, 0.1) is 12.3 Å². The van der Waals surface area contributed by atoms with E-state index >= 15 is 0 Å². The van der Waals surface area contributed by atoms with Gasteiger partial charge in [0.15, 0.2) is 16.5 Å². The van der Waals surface area contributed by atoms with Crippen molar-refractivity contribution in [1.29, 1.82) is 0 Å². The van der Waals surface area contributed by atoms with E-state index in [9.17, 15) is 8.42 Å². The van der Waals surface area contributed by atoms with Crippen molar-refractivity contribution in [2.45, 2.75) is 30.7 Å². The van der Waals surface area contributed by atoms with Gasteiger partial charge in [-0.2, -0.15) is 4.31 Å². The molecule has 0 saturated carbocycles. The lowest BCUT2D eigenvalue weighted by molar-refractivity contribution is -0.0952. The topological polar surface area (TPSA) is 98.7 Å². The third-order valence-corrected chi connectivity index (χ3v) is 7.31. The van der Waals surface area contributed by atoms with Gasteiger partial charge in [0.25, 0.3) is 10.0 Å². The average Bonchev–Trinajstić information content (AvgIpc) is 2.94. The standard InChI is InChI=1S/C17H21N3O4S/c1-12-14(16(18)19-24-12)25(21,22)20-11-17(7-9-23-10-8-17)15(20)13-5-3-2-4-6-13/h2-6,15H,7-11H2,1H3,(H2,18,19)/t15-/m0/s1. The summed E-state index contributed by atoms with van der Waals surface area (Å²) in [5.41, 5.74) is 6.67. The fraction of sp³-hybridized carbons (Fsp3) is 0.471. The average molecular weight is 363 g/mol. The largest absolute Gasteiger partial charge is 0.381 e. The van der Waals surface area contributed by atoms with Crippen molar-refractivity contribution in [2.24, 2.45) is 5.41 Å². The van der Waals surface area contributed by atoms with Crippen LogP contribution in [0.5, 0.6) is 0 Å². The van der Waals surface area contributed by atoms with Crippen LogP contribution in [0.15, 0.2) is 39.8 Å². The molecule has 0 radical (unpaired) electrons. The van der Waals surface area contributed by atoms with Gasteiger partial charge in [0, 0.05) is 25.2 Å². The van der Waals surface area contributed by atoms with Crippen molar-refractivity contribution in [3.63, 3.8) is 0 Å². The van der Waals surface area contributed by atoms with E-state index in [1.54, 1.807) is 6.92 Å². The smallest absolute Gasteiger partial charge is 0.250 e. The molecule has 8 heteroatoms. The number of aryl methyl sites for hydroxylation is 1. The lowest BCUT2D eigenvalue weighted by Crippen LogP contribution is -2.62. The molecule has 0 unspecified atom stereocenters. The number of benzene rings is 1. The van der Waals surface area contributed by atoms with Gasteiger partial charge in [-0.25, -0.2) is 8.42 Å². The van der Waals surface area contributed by atoms with Crippen molar-refractivity contribution in [2.75, 3.05) is 25.5 Å². The molecule has 2 saturated heterocycles. The van der Waals surface area contributed by atoms with Gasteiger partial charge in [0.05, 0.1) is 6.04 Å². The van der Waals surface area contributed by atoms with Crippen molar-refractivity contribution in [3.8, 4) is 0 Å². The molecule has 1 aromatic carbocycles. The number of sulfonamides is 1. The van der Waals surface area contributed by atoms with Crippen LogP contribution in [-0.4, -0.2) is 37.6 Å². The van der Waals surface area contributed by atoms with Crippen molar-refractivity contribution in [1.82, 2.24) is 9.46 Å². The minimum atomic E-state index is -3.78. The Kier molecular flexibility index (Phi) is 3.86. The lowest BCUT2D eigenvalue weighted by atomic mass is 9.65. The molecule has 4 rings (SSSR count). The Balaban J connectivity index is 1.77. The molecule has 2 fully saturated rings. The quantitative estimate of drug-likeness (QED) is 0.897. The Hall–Kier alpha value is -1.90. The van der Waals surface area contributed by atoms with Gasteiger partial charge in [-0.05, 0) is 25.3 Å². The summed E-state index contributed by atoms with van der Waals surface area (Å²) in [7, 11) is -3.78. The zero-order chi connectivity index (χ0) is 17.7. The Labute approximate surface area is 146 Å². The van der Waals surface area contributed by atoms with Gasteiger partial charge < -0.3 is 15.0 Å². The molecule has 2 N–H and O–H groups in total. The van der Waals surface area contributed by atoms with E-state index in [2.05, 4.69) is 5.16 Å². The maximum absolute atomic E-state index is 13.2. The van der Waals surface area contributed by atoms with E-state index in [1.807, 2.05) is 30.3 Å². The number of hydrogen-bond acceptors (Lipinski definition) is 6. The first-order valence-corrected chi connectivity index (χ1v) is 9.76. The predicted octanol–water partition coefficient (Wildman–Crippen LogP) is 2.11. The van der Waals surface area contributed by atoms with Gasteiger partial charge in [-0.1, -0.05) is 35.5 Å². The first-order chi connectivity index (χ1) is 12.0. The fourth-order valence-corrected chi connectivity index (χ4v) is 6.07. The minimum absolute atomic E-state index is 0.0182. The number of rotatable bonds is 3. The fourth-order valence-electron chi connectivity index (χ4n) is 4.08. The third-order valence-electron chi connectivity index (χ3n) is 5.34. The molecule has 134 valence electrons. The summed E-state index contributed by atoms with van der Waals surface area (Å²) in [5, 5.41) is 3.60. The molecule has 2 aliphatic rings. The highest BCUT2D eigenvalue weighted by Crippen LogP contribution is 2.56. The van der Waals surface area contributed by atoms with Crippen LogP contribution in [0.25, 0.3) is 0 Å². The monoisotopic (exact) mass is 363 g/mol. The van der Waals surface area contributed by atoms with E-state index in [0.29, 0.717) is 19.8 Å². The molecule has 2 aliphatic heterocycles. The second-order valence-corrected chi connectivity index (χ2v) is 8.62. The summed E-state index contributed by atoms with van der Waals surface area (Å²) in [6, 6.07) is 9.53. The maximum atomic E-state index is 13.2.